The first kappa shape index (κ1) is 19.7. The lowest BCUT2D eigenvalue weighted by Crippen LogP contribution is -2.36. The molecule has 142 valence electrons. The summed E-state index contributed by atoms with van der Waals surface area (Å²) in [6.45, 7) is 2.61. The van der Waals surface area contributed by atoms with Crippen LogP contribution in [0.3, 0.4) is 0 Å². The van der Waals surface area contributed by atoms with Gasteiger partial charge in [-0.25, -0.2) is 4.79 Å². The van der Waals surface area contributed by atoms with E-state index >= 15 is 0 Å². The van der Waals surface area contributed by atoms with Crippen LogP contribution < -0.4 is 15.4 Å². The predicted molar refractivity (Wildman–Crippen MR) is 101 cm³/mol. The van der Waals surface area contributed by atoms with Gasteiger partial charge in [0.05, 0.1) is 5.69 Å². The van der Waals surface area contributed by atoms with Gasteiger partial charge in [0.2, 0.25) is 0 Å². The molecule has 2 rings (SSSR count). The van der Waals surface area contributed by atoms with Gasteiger partial charge in [-0.3, -0.25) is 9.40 Å². The first-order chi connectivity index (χ1) is 12.3. The Hall–Kier alpha value is -2.59. The van der Waals surface area contributed by atoms with Crippen LogP contribution in [0.4, 0.5) is 16.2 Å². The van der Waals surface area contributed by atoms with Gasteiger partial charge in [0.25, 0.3) is 0 Å². The van der Waals surface area contributed by atoms with E-state index in [0.29, 0.717) is 17.9 Å². The van der Waals surface area contributed by atoms with Crippen LogP contribution in [-0.4, -0.2) is 48.7 Å². The highest BCUT2D eigenvalue weighted by Gasteiger charge is 2.13. The average molecular weight is 380 g/mol. The lowest BCUT2D eigenvalue weighted by Gasteiger charge is -2.16. The van der Waals surface area contributed by atoms with Crippen molar-refractivity contribution in [2.24, 2.45) is 0 Å². The van der Waals surface area contributed by atoms with E-state index in [4.69, 9.17) is 0 Å². The zero-order chi connectivity index (χ0) is 19.2. The molecule has 1 heterocycles. The molecule has 0 aliphatic rings. The highest BCUT2D eigenvalue weighted by Crippen LogP contribution is 2.16. The molecule has 0 aliphatic heterocycles. The molecule has 2 aromatic rings. The number of hydrogen-bond donors (Lipinski definition) is 3. The molecule has 0 saturated carbocycles. The van der Waals surface area contributed by atoms with E-state index in [9.17, 15) is 13.2 Å². The van der Waals surface area contributed by atoms with Crippen molar-refractivity contribution in [1.29, 1.82) is 0 Å². The zero-order valence-electron chi connectivity index (χ0n) is 15.0. The van der Waals surface area contributed by atoms with Crippen molar-refractivity contribution in [2.75, 3.05) is 24.1 Å². The normalized spacial score (nSPS) is 12.6. The van der Waals surface area contributed by atoms with Crippen molar-refractivity contribution in [3.05, 3.63) is 42.7 Å². The van der Waals surface area contributed by atoms with E-state index in [1.165, 1.54) is 14.1 Å². The van der Waals surface area contributed by atoms with Crippen LogP contribution in [0.5, 0.6) is 0 Å². The van der Waals surface area contributed by atoms with Crippen molar-refractivity contribution < 1.29 is 13.2 Å². The first-order valence-corrected chi connectivity index (χ1v) is 9.55. The Morgan fingerprint density at radius 3 is 2.65 bits per heavy atom. The second kappa shape index (κ2) is 8.68. The van der Waals surface area contributed by atoms with Crippen molar-refractivity contribution >= 4 is 27.6 Å². The fourth-order valence-electron chi connectivity index (χ4n) is 2.12. The minimum atomic E-state index is -3.60. The number of nitrogens with one attached hydrogen (secondary N) is 3. The van der Waals surface area contributed by atoms with Crippen LogP contribution in [0, 0.1) is 0 Å². The van der Waals surface area contributed by atoms with Crippen LogP contribution in [-0.2, 0) is 16.8 Å². The van der Waals surface area contributed by atoms with Gasteiger partial charge in [0, 0.05) is 44.8 Å². The van der Waals surface area contributed by atoms with E-state index < -0.39 is 10.2 Å². The molecule has 0 unspecified atom stereocenters. The summed E-state index contributed by atoms with van der Waals surface area (Å²) in [4.78, 5) is 12.1. The molecule has 0 spiro atoms. The number of amides is 2. The number of aryl methyl sites for hydroxylation is 1. The smallest absolute Gasteiger partial charge is 0.319 e. The number of benzene rings is 1. The highest BCUT2D eigenvalue weighted by atomic mass is 32.2. The summed E-state index contributed by atoms with van der Waals surface area (Å²) in [5.74, 6) is 0. The topological polar surface area (TPSA) is 108 Å². The van der Waals surface area contributed by atoms with Crippen LogP contribution in [0.25, 0.3) is 0 Å². The fourth-order valence-corrected chi connectivity index (χ4v) is 2.73. The van der Waals surface area contributed by atoms with Gasteiger partial charge in [-0.15, -0.1) is 0 Å². The number of hydrogen-bond acceptors (Lipinski definition) is 4. The van der Waals surface area contributed by atoms with Gasteiger partial charge in [0.15, 0.2) is 0 Å². The summed E-state index contributed by atoms with van der Waals surface area (Å²) >= 11 is 0. The number of nitrogens with zero attached hydrogens (tertiary/aromatic N) is 3. The van der Waals surface area contributed by atoms with Gasteiger partial charge in [-0.2, -0.15) is 17.8 Å². The van der Waals surface area contributed by atoms with Gasteiger partial charge >= 0.3 is 16.2 Å². The summed E-state index contributed by atoms with van der Waals surface area (Å²) in [5.41, 5.74) is 0.851. The van der Waals surface area contributed by atoms with Gasteiger partial charge in [-0.05, 0) is 37.6 Å². The molecule has 10 heteroatoms. The summed E-state index contributed by atoms with van der Waals surface area (Å²) in [6, 6.07) is 7.94. The minimum absolute atomic E-state index is 0.0466. The van der Waals surface area contributed by atoms with Gasteiger partial charge < -0.3 is 10.6 Å². The maximum atomic E-state index is 12.1. The number of carbonyl (C=O) groups excluding carboxylic acids is 1. The molecule has 9 nitrogen and oxygen atoms in total. The molecule has 26 heavy (non-hydrogen) atoms. The molecule has 1 atom stereocenters. The zero-order valence-corrected chi connectivity index (χ0v) is 15.8. The van der Waals surface area contributed by atoms with Crippen LogP contribution in [0.15, 0.2) is 42.7 Å². The molecule has 1 aromatic carbocycles. The summed E-state index contributed by atoms with van der Waals surface area (Å²) in [5, 5.41) is 9.65. The third-order valence-corrected chi connectivity index (χ3v) is 5.03. The highest BCUT2D eigenvalue weighted by molar-refractivity contribution is 7.90. The van der Waals surface area contributed by atoms with Crippen molar-refractivity contribution in [3.8, 4) is 0 Å². The molecule has 0 fully saturated rings. The number of anilines is 2. The van der Waals surface area contributed by atoms with Crippen molar-refractivity contribution in [1.82, 2.24) is 19.4 Å². The molecule has 0 radical (unpaired) electrons. The molecule has 0 aliphatic carbocycles. The number of rotatable bonds is 8. The Kier molecular flexibility index (Phi) is 6.58. The van der Waals surface area contributed by atoms with E-state index in [1.54, 1.807) is 35.1 Å². The molecule has 0 bridgehead atoms. The summed E-state index contributed by atoms with van der Waals surface area (Å²) < 4.78 is 29.0. The lowest BCUT2D eigenvalue weighted by molar-refractivity contribution is 0.248. The Morgan fingerprint density at radius 2 is 2.00 bits per heavy atom. The lowest BCUT2D eigenvalue weighted by atomic mass is 10.2. The monoisotopic (exact) mass is 380 g/mol. The second-order valence-corrected chi connectivity index (χ2v) is 7.91. The maximum Gasteiger partial charge on any atom is 0.319 e. The summed E-state index contributed by atoms with van der Waals surface area (Å²) in [6.07, 6.45) is 4.31. The Bertz CT molecular complexity index is 820. The standard InChI is InChI=1S/C16H24N6O3S/c1-13(8-11-22-10-5-9-17-22)18-16(23)19-14-6-4-7-15(12-14)20-26(24,25)21(2)3/h4-7,9-10,12-13,20H,8,11H2,1-3H3,(H2,18,19,23)/t13-/m0/s1. The molecule has 1 aromatic heterocycles. The minimum Gasteiger partial charge on any atom is -0.335 e. The van der Waals surface area contributed by atoms with Crippen molar-refractivity contribution in [3.63, 3.8) is 0 Å². The predicted octanol–water partition coefficient (Wildman–Crippen LogP) is 1.70. The van der Waals surface area contributed by atoms with Gasteiger partial charge in [-0.1, -0.05) is 6.07 Å². The van der Waals surface area contributed by atoms with E-state index in [0.717, 1.165) is 10.7 Å². The molecule has 3 N–H and O–H groups in total. The van der Waals surface area contributed by atoms with Crippen LogP contribution in [0.1, 0.15) is 13.3 Å². The van der Waals surface area contributed by atoms with Gasteiger partial charge in [0.1, 0.15) is 0 Å². The third kappa shape index (κ3) is 6.05. The fraction of sp³-hybridized carbons (Fsp3) is 0.375. The van der Waals surface area contributed by atoms with E-state index in [2.05, 4.69) is 20.5 Å². The van der Waals surface area contributed by atoms with Crippen molar-refractivity contribution in [2.45, 2.75) is 25.9 Å². The van der Waals surface area contributed by atoms with E-state index in [1.807, 2.05) is 19.2 Å². The summed E-state index contributed by atoms with van der Waals surface area (Å²) in [7, 11) is -0.731. The third-order valence-electron chi connectivity index (χ3n) is 3.58. The Morgan fingerprint density at radius 1 is 1.27 bits per heavy atom. The molecule has 0 saturated heterocycles. The molecular weight excluding hydrogens is 356 g/mol. The first-order valence-electron chi connectivity index (χ1n) is 8.11. The average Bonchev–Trinajstić information content (AvgIpc) is 3.06. The quantitative estimate of drug-likeness (QED) is 0.648. The SMILES string of the molecule is C[C@@H](CCn1cccn1)NC(=O)Nc1cccc(NS(=O)(=O)N(C)C)c1. The van der Waals surface area contributed by atoms with E-state index in [-0.39, 0.29) is 12.1 Å². The Balaban J connectivity index is 1.87. The second-order valence-electron chi connectivity index (χ2n) is 6.03. The van der Waals surface area contributed by atoms with Crippen LogP contribution >= 0.6 is 0 Å². The Labute approximate surface area is 153 Å². The molecular formula is C16H24N6O3S. The number of urea groups is 1. The number of carbonyl (C=O) groups is 1. The largest absolute Gasteiger partial charge is 0.335 e. The number of aromatic nitrogens is 2. The molecule has 2 amide bonds. The maximum absolute atomic E-state index is 12.1. The van der Waals surface area contributed by atoms with Crippen LogP contribution in [0.2, 0.25) is 0 Å².